The van der Waals surface area contributed by atoms with Crippen molar-refractivity contribution < 1.29 is 22.6 Å². The number of carbonyl (C=O) groups excluding carboxylic acids is 1. The van der Waals surface area contributed by atoms with Crippen molar-refractivity contribution in [2.45, 2.75) is 133 Å². The second-order valence-corrected chi connectivity index (χ2v) is 15.5. The summed E-state index contributed by atoms with van der Waals surface area (Å²) in [6.07, 6.45) is 17.4. The second kappa shape index (κ2) is 12.5. The zero-order chi connectivity index (χ0) is 28.2. The van der Waals surface area contributed by atoms with Crippen LogP contribution in [0.25, 0.3) is 6.08 Å². The van der Waals surface area contributed by atoms with E-state index >= 15 is 0 Å². The maximum Gasteiger partial charge on any atom is 0.312 e. The molecule has 1 aromatic carbocycles. The van der Waals surface area contributed by atoms with Crippen LogP contribution >= 0.6 is 0 Å². The molecule has 1 aromatic rings. The van der Waals surface area contributed by atoms with Crippen molar-refractivity contribution in [1.29, 1.82) is 0 Å². The molecule has 39 heavy (non-hydrogen) atoms. The number of sulfone groups is 1. The van der Waals surface area contributed by atoms with Crippen LogP contribution < -0.4 is 0 Å². The van der Waals surface area contributed by atoms with Crippen LogP contribution in [0, 0.1) is 11.3 Å². The summed E-state index contributed by atoms with van der Waals surface area (Å²) in [5.74, 6) is 0.378. The Morgan fingerprint density at radius 2 is 1.62 bits per heavy atom. The van der Waals surface area contributed by atoms with Gasteiger partial charge in [0.15, 0.2) is 9.84 Å². The van der Waals surface area contributed by atoms with Gasteiger partial charge in [0.05, 0.1) is 10.3 Å². The molecule has 1 heterocycles. The number of rotatable bonds is 6. The van der Waals surface area contributed by atoms with E-state index in [9.17, 15) is 13.2 Å². The predicted molar refractivity (Wildman–Crippen MR) is 160 cm³/mol. The molecule has 0 bridgehead atoms. The van der Waals surface area contributed by atoms with Crippen molar-refractivity contribution in [1.82, 2.24) is 0 Å². The molecule has 4 rings (SSSR count). The lowest BCUT2D eigenvalue weighted by Crippen LogP contribution is -2.37. The van der Waals surface area contributed by atoms with Gasteiger partial charge in [-0.1, -0.05) is 63.5 Å². The van der Waals surface area contributed by atoms with Crippen molar-refractivity contribution >= 4 is 29.4 Å². The molecule has 2 aliphatic carbocycles. The fourth-order valence-electron chi connectivity index (χ4n) is 6.72. The maximum absolute atomic E-state index is 13.0. The van der Waals surface area contributed by atoms with Crippen LogP contribution in [0.15, 0.2) is 28.5 Å². The fourth-order valence-corrected chi connectivity index (χ4v) is 7.91. The Balaban J connectivity index is 1.45. The molecule has 2 fully saturated rings. The highest BCUT2D eigenvalue weighted by molar-refractivity contribution is 7.94. The normalized spacial score (nSPS) is 27.2. The van der Waals surface area contributed by atoms with Crippen LogP contribution in [-0.2, 0) is 29.3 Å². The highest BCUT2D eigenvalue weighted by Gasteiger charge is 2.40. The molecule has 0 N–H and O–H groups in total. The van der Waals surface area contributed by atoms with Gasteiger partial charge in [-0.05, 0) is 101 Å². The summed E-state index contributed by atoms with van der Waals surface area (Å²) in [5.41, 5.74) is 1.16. The first kappa shape index (κ1) is 30.4. The van der Waals surface area contributed by atoms with Crippen LogP contribution in [0.1, 0.15) is 129 Å². The molecule has 2 unspecified atom stereocenters. The second-order valence-electron chi connectivity index (χ2n) is 13.7. The third kappa shape index (κ3) is 7.78. The van der Waals surface area contributed by atoms with Crippen LogP contribution in [0.5, 0.6) is 0 Å². The van der Waals surface area contributed by atoms with E-state index in [2.05, 4.69) is 19.1 Å². The van der Waals surface area contributed by atoms with E-state index in [-0.39, 0.29) is 11.3 Å². The van der Waals surface area contributed by atoms with E-state index in [1.54, 1.807) is 6.08 Å². The molecular formula is C32H49BO5S. The van der Waals surface area contributed by atoms with Crippen molar-refractivity contribution in [3.8, 4) is 0 Å². The summed E-state index contributed by atoms with van der Waals surface area (Å²) in [6, 6.07) is 5.98. The molecule has 3 aliphatic rings. The standard InChI is InChI=1S/C32H49BO5S/c1-30(2,3)38-29(34)31(4)18-12-13-25(16-21-31)24-37-33-32(19-10-8-6-5-7-9-11-20-32)27-14-15-28-26(23-27)17-22-39(28,35)36/h14-15,17,22-23,25,33H,5-13,16,18-21,24H2,1-4H3. The lowest BCUT2D eigenvalue weighted by Gasteiger charge is -2.35. The Bertz CT molecular complexity index is 1130. The van der Waals surface area contributed by atoms with E-state index in [1.807, 2.05) is 26.8 Å². The molecule has 0 saturated heterocycles. The number of hydrogen-bond acceptors (Lipinski definition) is 5. The molecule has 7 heteroatoms. The molecular weight excluding hydrogens is 507 g/mol. The minimum atomic E-state index is -3.30. The van der Waals surface area contributed by atoms with Gasteiger partial charge in [0.1, 0.15) is 5.60 Å². The van der Waals surface area contributed by atoms with Gasteiger partial charge in [0, 0.05) is 12.0 Å². The fraction of sp³-hybridized carbons (Fsp3) is 0.719. The lowest BCUT2D eigenvalue weighted by molar-refractivity contribution is -0.167. The number of fused-ring (bicyclic) bond motifs is 1. The van der Waals surface area contributed by atoms with E-state index < -0.39 is 20.9 Å². The smallest absolute Gasteiger partial charge is 0.312 e. The minimum Gasteiger partial charge on any atom is -0.460 e. The third-order valence-electron chi connectivity index (χ3n) is 9.23. The molecule has 216 valence electrons. The first-order valence-electron chi connectivity index (χ1n) is 15.3. The van der Waals surface area contributed by atoms with Crippen molar-refractivity contribution in [3.63, 3.8) is 0 Å². The van der Waals surface area contributed by atoms with Gasteiger partial charge in [-0.15, -0.1) is 0 Å². The zero-order valence-corrected chi connectivity index (χ0v) is 25.5. The van der Waals surface area contributed by atoms with Gasteiger partial charge >= 0.3 is 5.97 Å². The van der Waals surface area contributed by atoms with Crippen LogP contribution in [0.4, 0.5) is 0 Å². The van der Waals surface area contributed by atoms with E-state index in [0.717, 1.165) is 50.5 Å². The van der Waals surface area contributed by atoms with Gasteiger partial charge in [-0.2, -0.15) is 0 Å². The van der Waals surface area contributed by atoms with Crippen LogP contribution in [0.3, 0.4) is 0 Å². The molecule has 0 spiro atoms. The van der Waals surface area contributed by atoms with Gasteiger partial charge < -0.3 is 9.39 Å². The number of carbonyl (C=O) groups is 1. The molecule has 2 saturated carbocycles. The molecule has 2 atom stereocenters. The van der Waals surface area contributed by atoms with Crippen molar-refractivity contribution in [3.05, 3.63) is 34.7 Å². The highest BCUT2D eigenvalue weighted by atomic mass is 32.2. The number of benzene rings is 1. The summed E-state index contributed by atoms with van der Waals surface area (Å²) < 4.78 is 37.2. The third-order valence-corrected chi connectivity index (χ3v) is 10.7. The van der Waals surface area contributed by atoms with Gasteiger partial charge in [-0.3, -0.25) is 4.79 Å². The van der Waals surface area contributed by atoms with E-state index in [0.29, 0.717) is 24.9 Å². The lowest BCUT2D eigenvalue weighted by atomic mass is 9.54. The van der Waals surface area contributed by atoms with E-state index in [1.165, 1.54) is 55.9 Å². The largest absolute Gasteiger partial charge is 0.460 e. The summed E-state index contributed by atoms with van der Waals surface area (Å²) in [4.78, 5) is 13.4. The molecule has 0 radical (unpaired) electrons. The topological polar surface area (TPSA) is 69.7 Å². The van der Waals surface area contributed by atoms with Gasteiger partial charge in [0.2, 0.25) is 0 Å². The quantitative estimate of drug-likeness (QED) is 0.207. The number of esters is 1. The number of ether oxygens (including phenoxy) is 1. The van der Waals surface area contributed by atoms with Gasteiger partial charge in [-0.25, -0.2) is 8.42 Å². The summed E-state index contributed by atoms with van der Waals surface area (Å²) in [7, 11) is -2.63. The highest BCUT2D eigenvalue weighted by Crippen LogP contribution is 2.41. The predicted octanol–water partition coefficient (Wildman–Crippen LogP) is 7.46. The van der Waals surface area contributed by atoms with Crippen LogP contribution in [-0.4, -0.2) is 34.1 Å². The monoisotopic (exact) mass is 556 g/mol. The Kier molecular flexibility index (Phi) is 9.74. The Morgan fingerprint density at radius 1 is 0.949 bits per heavy atom. The molecule has 1 aliphatic heterocycles. The Labute approximate surface area is 237 Å². The Morgan fingerprint density at radius 3 is 2.28 bits per heavy atom. The molecule has 0 amide bonds. The molecule has 0 aromatic heterocycles. The van der Waals surface area contributed by atoms with Crippen LogP contribution in [0.2, 0.25) is 0 Å². The maximum atomic E-state index is 13.0. The summed E-state index contributed by atoms with van der Waals surface area (Å²) >= 11 is 0. The first-order valence-corrected chi connectivity index (χ1v) is 16.9. The summed E-state index contributed by atoms with van der Waals surface area (Å²) in [6.45, 7) is 8.60. The minimum absolute atomic E-state index is 0.0651. The SMILES string of the molecule is CC(C)(C)OC(=O)C1(C)CCCC(COBC2(c3ccc4c(c3)C=CS4(=O)=O)CCCCCCCCC2)CC1. The number of hydrogen-bond donors (Lipinski definition) is 0. The van der Waals surface area contributed by atoms with Crippen molar-refractivity contribution in [2.75, 3.05) is 6.61 Å². The first-order chi connectivity index (χ1) is 18.4. The van der Waals surface area contributed by atoms with E-state index in [4.69, 9.17) is 9.39 Å². The average molecular weight is 557 g/mol. The van der Waals surface area contributed by atoms with Gasteiger partial charge in [0.25, 0.3) is 7.48 Å². The van der Waals surface area contributed by atoms with Crippen molar-refractivity contribution in [2.24, 2.45) is 11.3 Å². The zero-order valence-electron chi connectivity index (χ0n) is 24.7. The average Bonchev–Trinajstić information content (AvgIpc) is 3.04. The summed E-state index contributed by atoms with van der Waals surface area (Å²) in [5, 5.41) is 1.23. The molecule has 5 nitrogen and oxygen atoms in total. The Hall–Kier alpha value is -1.60.